The highest BCUT2D eigenvalue weighted by molar-refractivity contribution is 8.08. The zero-order valence-electron chi connectivity index (χ0n) is 15.7. The van der Waals surface area contributed by atoms with Crippen LogP contribution >= 0.6 is 23.1 Å². The van der Waals surface area contributed by atoms with E-state index in [0.29, 0.717) is 6.54 Å². The van der Waals surface area contributed by atoms with Crippen molar-refractivity contribution in [2.45, 2.75) is 11.4 Å². The van der Waals surface area contributed by atoms with Gasteiger partial charge in [-0.25, -0.2) is 4.57 Å². The van der Waals surface area contributed by atoms with E-state index in [1.54, 1.807) is 22.4 Å². The maximum absolute atomic E-state index is 13.2. The van der Waals surface area contributed by atoms with Gasteiger partial charge in [-0.1, -0.05) is 30.0 Å². The van der Waals surface area contributed by atoms with Gasteiger partial charge in [0.1, 0.15) is 21.3 Å². The van der Waals surface area contributed by atoms with E-state index in [2.05, 4.69) is 29.7 Å². The molecule has 0 spiro atoms. The van der Waals surface area contributed by atoms with Crippen LogP contribution in [-0.4, -0.2) is 17.1 Å². The summed E-state index contributed by atoms with van der Waals surface area (Å²) in [6, 6.07) is 14.3. The molecule has 0 radical (unpaired) electrons. The van der Waals surface area contributed by atoms with Crippen molar-refractivity contribution in [1.29, 1.82) is 0 Å². The number of hydrogen-bond donors (Lipinski definition) is 0. The van der Waals surface area contributed by atoms with Crippen molar-refractivity contribution in [3.8, 4) is 0 Å². The molecule has 1 aliphatic rings. The molecule has 2 aromatic heterocycles. The molecular weight excluding hydrogens is 390 g/mol. The highest BCUT2D eigenvalue weighted by Crippen LogP contribution is 2.44. The monoisotopic (exact) mass is 411 g/mol. The van der Waals surface area contributed by atoms with Crippen LogP contribution in [0.1, 0.15) is 5.69 Å². The minimum atomic E-state index is 0. The number of para-hydroxylation sites is 1. The number of rotatable bonds is 3. The van der Waals surface area contributed by atoms with Crippen LogP contribution in [0.25, 0.3) is 11.1 Å². The molecule has 0 atom stereocenters. The highest BCUT2D eigenvalue weighted by atomic mass is 32.2. The van der Waals surface area contributed by atoms with E-state index in [0.717, 1.165) is 25.6 Å². The predicted octanol–water partition coefficient (Wildman–Crippen LogP) is 1.88. The third-order valence-corrected chi connectivity index (χ3v) is 7.01. The second-order valence-electron chi connectivity index (χ2n) is 6.29. The summed E-state index contributed by atoms with van der Waals surface area (Å²) in [6.07, 6.45) is 5.83. The maximum atomic E-state index is 13.2. The molecule has 1 aromatic carbocycles. The molecular formula is C21H21N3O2S2. The molecule has 28 heavy (non-hydrogen) atoms. The first-order chi connectivity index (χ1) is 13.1. The Balaban J connectivity index is 0.00000225. The first kappa shape index (κ1) is 20.1. The summed E-state index contributed by atoms with van der Waals surface area (Å²) in [7, 11) is 4.02. The van der Waals surface area contributed by atoms with Crippen LogP contribution in [-0.2, 0) is 13.6 Å². The number of pyridine rings is 1. The Morgan fingerprint density at radius 3 is 2.64 bits per heavy atom. The lowest BCUT2D eigenvalue weighted by molar-refractivity contribution is -0.673. The Kier molecular flexibility index (Phi) is 5.88. The summed E-state index contributed by atoms with van der Waals surface area (Å²) in [5.41, 5.74) is 2.22. The van der Waals surface area contributed by atoms with E-state index < -0.39 is 0 Å². The van der Waals surface area contributed by atoms with Gasteiger partial charge in [-0.3, -0.25) is 9.36 Å². The SMILES string of the molecule is C=CCn1c(=O)/c(=C2\Sc3ccccc3N2C)s/c1=C\c1cccc[n+]1C.[OH-]. The van der Waals surface area contributed by atoms with E-state index in [4.69, 9.17) is 0 Å². The Labute approximate surface area is 171 Å². The van der Waals surface area contributed by atoms with Crippen molar-refractivity contribution in [2.24, 2.45) is 7.05 Å². The van der Waals surface area contributed by atoms with Gasteiger partial charge in [0.25, 0.3) is 5.56 Å². The Hall–Kier alpha value is -2.61. The quantitative estimate of drug-likeness (QED) is 0.488. The smallest absolute Gasteiger partial charge is 0.272 e. The summed E-state index contributed by atoms with van der Waals surface area (Å²) < 4.78 is 5.53. The van der Waals surface area contributed by atoms with Gasteiger partial charge in [0.2, 0.25) is 5.69 Å². The molecule has 1 aliphatic heterocycles. The van der Waals surface area contributed by atoms with Crippen LogP contribution in [0.5, 0.6) is 0 Å². The molecule has 0 amide bonds. The lowest BCUT2D eigenvalue weighted by atomic mass is 10.3. The van der Waals surface area contributed by atoms with Gasteiger partial charge in [-0.15, -0.1) is 17.9 Å². The molecule has 0 fully saturated rings. The number of anilines is 1. The van der Waals surface area contributed by atoms with E-state index in [1.165, 1.54) is 16.2 Å². The fourth-order valence-corrected chi connectivity index (χ4v) is 5.49. The van der Waals surface area contributed by atoms with Gasteiger partial charge in [-0.05, 0) is 18.2 Å². The van der Waals surface area contributed by atoms with Crippen molar-refractivity contribution < 1.29 is 10.0 Å². The molecule has 144 valence electrons. The van der Waals surface area contributed by atoms with Crippen LogP contribution in [0.3, 0.4) is 0 Å². The standard InChI is InChI=1S/C21H20N3OS2.H2O/c1-4-12-24-18(14-15-9-7-8-13-22(15)2)27-19(20(24)25)21-23(3)16-10-5-6-11-17(16)26-21;/h4-11,13-14H,1,12H2,2-3H3;1H2/q+1;/p-1/b21-19+;. The number of aromatic nitrogens is 2. The minimum absolute atomic E-state index is 0. The van der Waals surface area contributed by atoms with Crippen molar-refractivity contribution in [2.75, 3.05) is 11.9 Å². The molecule has 0 saturated heterocycles. The second kappa shape index (κ2) is 8.18. The predicted molar refractivity (Wildman–Crippen MR) is 115 cm³/mol. The summed E-state index contributed by atoms with van der Waals surface area (Å²) in [5, 5.41) is 0.987. The summed E-state index contributed by atoms with van der Waals surface area (Å²) in [6.45, 7) is 4.31. The number of thioether (sulfide) groups is 1. The van der Waals surface area contributed by atoms with E-state index in [-0.39, 0.29) is 11.0 Å². The Morgan fingerprint density at radius 1 is 1.18 bits per heavy atom. The fraction of sp³-hybridized carbons (Fsp3) is 0.143. The zero-order chi connectivity index (χ0) is 19.0. The molecule has 0 unspecified atom stereocenters. The van der Waals surface area contributed by atoms with Crippen LogP contribution in [0, 0.1) is 0 Å². The first-order valence-electron chi connectivity index (χ1n) is 8.62. The molecule has 0 bridgehead atoms. The number of fused-ring (bicyclic) bond motifs is 1. The zero-order valence-corrected chi connectivity index (χ0v) is 17.3. The van der Waals surface area contributed by atoms with Crippen LogP contribution in [0.4, 0.5) is 5.69 Å². The van der Waals surface area contributed by atoms with Crippen molar-refractivity contribution in [3.05, 3.63) is 86.6 Å². The van der Waals surface area contributed by atoms with Gasteiger partial charge in [0.15, 0.2) is 6.20 Å². The average molecular weight is 412 g/mol. The van der Waals surface area contributed by atoms with Gasteiger partial charge < -0.3 is 10.4 Å². The molecule has 0 saturated carbocycles. The van der Waals surface area contributed by atoms with Crippen molar-refractivity contribution in [1.82, 2.24) is 4.57 Å². The lowest BCUT2D eigenvalue weighted by Crippen LogP contribution is -2.35. The minimum Gasteiger partial charge on any atom is -0.870 e. The largest absolute Gasteiger partial charge is 0.870 e. The van der Waals surface area contributed by atoms with Crippen molar-refractivity contribution >= 4 is 39.9 Å². The third kappa shape index (κ3) is 3.44. The molecule has 3 heterocycles. The van der Waals surface area contributed by atoms with Crippen LogP contribution in [0.2, 0.25) is 0 Å². The summed E-state index contributed by atoms with van der Waals surface area (Å²) in [4.78, 5) is 16.5. The number of benzene rings is 1. The number of hydrogen-bond acceptors (Lipinski definition) is 5. The van der Waals surface area contributed by atoms with Gasteiger partial charge in [0.05, 0.1) is 5.69 Å². The van der Waals surface area contributed by atoms with Crippen LogP contribution < -0.4 is 24.2 Å². The molecule has 1 N–H and O–H groups in total. The highest BCUT2D eigenvalue weighted by Gasteiger charge is 2.24. The topological polar surface area (TPSA) is 59.1 Å². The molecule has 4 rings (SSSR count). The number of thiazole rings is 1. The maximum Gasteiger partial charge on any atom is 0.272 e. The Bertz CT molecular complexity index is 1210. The number of aryl methyl sites for hydroxylation is 1. The van der Waals surface area contributed by atoms with Gasteiger partial charge >= 0.3 is 0 Å². The van der Waals surface area contributed by atoms with Crippen molar-refractivity contribution in [3.63, 3.8) is 0 Å². The summed E-state index contributed by atoms with van der Waals surface area (Å²) >= 11 is 3.19. The summed E-state index contributed by atoms with van der Waals surface area (Å²) in [5.74, 6) is 0. The van der Waals surface area contributed by atoms with Gasteiger partial charge in [0, 0.05) is 36.7 Å². The molecule has 7 heteroatoms. The van der Waals surface area contributed by atoms with Gasteiger partial charge in [-0.2, -0.15) is 0 Å². The lowest BCUT2D eigenvalue weighted by Gasteiger charge is -2.11. The number of allylic oxidation sites excluding steroid dienone is 1. The Morgan fingerprint density at radius 2 is 1.93 bits per heavy atom. The van der Waals surface area contributed by atoms with E-state index >= 15 is 0 Å². The molecule has 5 nitrogen and oxygen atoms in total. The normalized spacial score (nSPS) is 15.4. The molecule has 3 aromatic rings. The first-order valence-corrected chi connectivity index (χ1v) is 10.3. The second-order valence-corrected chi connectivity index (χ2v) is 8.35. The van der Waals surface area contributed by atoms with Crippen LogP contribution in [0.15, 0.2) is 71.0 Å². The third-order valence-electron chi connectivity index (χ3n) is 4.52. The molecule has 0 aliphatic carbocycles. The average Bonchev–Trinajstić information content (AvgIpc) is 3.16. The van der Waals surface area contributed by atoms with E-state index in [1.807, 2.05) is 55.2 Å². The fourth-order valence-electron chi connectivity index (χ4n) is 3.08. The number of nitrogens with zero attached hydrogens (tertiary/aromatic N) is 3. The van der Waals surface area contributed by atoms with E-state index in [9.17, 15) is 4.79 Å².